The molecule has 3 rings (SSSR count). The lowest BCUT2D eigenvalue weighted by Crippen LogP contribution is -2.25. The Balaban J connectivity index is 1.83. The Morgan fingerprint density at radius 1 is 1.12 bits per heavy atom. The Morgan fingerprint density at radius 2 is 1.83 bits per heavy atom. The third kappa shape index (κ3) is 3.12. The average Bonchev–Trinajstić information content (AvgIpc) is 2.82. The number of amides is 3. The summed E-state index contributed by atoms with van der Waals surface area (Å²) in [6, 6.07) is 12.9. The van der Waals surface area contributed by atoms with Gasteiger partial charge in [-0.15, -0.1) is 0 Å². The summed E-state index contributed by atoms with van der Waals surface area (Å²) in [5.74, 6) is -0.262. The van der Waals surface area contributed by atoms with Gasteiger partial charge in [-0.25, -0.2) is 9.18 Å². The molecule has 1 aliphatic rings. The zero-order valence-electron chi connectivity index (χ0n) is 13.0. The minimum atomic E-state index is -0.476. The molecule has 0 unspecified atom stereocenters. The number of likely N-dealkylation sites (N-methyl/N-ethyl adjacent to an activating group) is 1. The maximum Gasteiger partial charge on any atom is 0.328 e. The molecule has 1 fully saturated rings. The summed E-state index contributed by atoms with van der Waals surface area (Å²) in [7, 11) is 1.40. The summed E-state index contributed by atoms with van der Waals surface area (Å²) in [6.07, 6.45) is 1.54. The first-order valence-electron chi connectivity index (χ1n) is 7.32. The molecule has 122 valence electrons. The molecule has 0 bridgehead atoms. The molecule has 0 aromatic heterocycles. The van der Waals surface area contributed by atoms with Gasteiger partial charge >= 0.3 is 6.03 Å². The number of carbonyl (C=O) groups excluding carboxylic acids is 2. The van der Waals surface area contributed by atoms with Gasteiger partial charge in [0.1, 0.15) is 23.9 Å². The van der Waals surface area contributed by atoms with Gasteiger partial charge in [-0.2, -0.15) is 0 Å². The van der Waals surface area contributed by atoms with Crippen LogP contribution in [0.5, 0.6) is 5.75 Å². The van der Waals surface area contributed by atoms with Gasteiger partial charge < -0.3 is 10.1 Å². The molecule has 2 aromatic carbocycles. The minimum Gasteiger partial charge on any atom is -0.488 e. The molecule has 2 aromatic rings. The molecule has 1 saturated heterocycles. The van der Waals surface area contributed by atoms with Gasteiger partial charge in [-0.1, -0.05) is 36.4 Å². The Bertz CT molecular complexity index is 833. The first-order chi connectivity index (χ1) is 11.6. The van der Waals surface area contributed by atoms with Crippen LogP contribution in [0.2, 0.25) is 0 Å². The van der Waals surface area contributed by atoms with Crippen molar-refractivity contribution in [3.63, 3.8) is 0 Å². The molecular weight excluding hydrogens is 311 g/mol. The fourth-order valence-electron chi connectivity index (χ4n) is 2.28. The number of benzene rings is 2. The number of para-hydroxylation sites is 1. The van der Waals surface area contributed by atoms with Crippen LogP contribution >= 0.6 is 0 Å². The minimum absolute atomic E-state index is 0.0626. The van der Waals surface area contributed by atoms with Crippen molar-refractivity contribution < 1.29 is 18.7 Å². The zero-order valence-corrected chi connectivity index (χ0v) is 13.0. The largest absolute Gasteiger partial charge is 0.488 e. The Kier molecular flexibility index (Phi) is 4.29. The maximum atomic E-state index is 13.7. The maximum absolute atomic E-state index is 13.7. The summed E-state index contributed by atoms with van der Waals surface area (Å²) < 4.78 is 19.3. The van der Waals surface area contributed by atoms with E-state index in [1.54, 1.807) is 48.5 Å². The molecule has 0 atom stereocenters. The van der Waals surface area contributed by atoms with Gasteiger partial charge in [-0.3, -0.25) is 9.69 Å². The highest BCUT2D eigenvalue weighted by molar-refractivity contribution is 6.13. The fourth-order valence-corrected chi connectivity index (χ4v) is 2.28. The molecule has 1 heterocycles. The average molecular weight is 326 g/mol. The number of nitrogens with one attached hydrogen (secondary N) is 1. The number of halogens is 1. The smallest absolute Gasteiger partial charge is 0.328 e. The second kappa shape index (κ2) is 6.54. The zero-order chi connectivity index (χ0) is 17.1. The summed E-state index contributed by atoms with van der Waals surface area (Å²) in [5, 5.41) is 2.50. The predicted octanol–water partition coefficient (Wildman–Crippen LogP) is 2.93. The van der Waals surface area contributed by atoms with Crippen LogP contribution in [-0.2, 0) is 11.4 Å². The molecule has 0 spiro atoms. The topological polar surface area (TPSA) is 58.6 Å². The van der Waals surface area contributed by atoms with E-state index < -0.39 is 11.9 Å². The second-order valence-electron chi connectivity index (χ2n) is 5.27. The van der Waals surface area contributed by atoms with Crippen LogP contribution in [0.25, 0.3) is 6.08 Å². The Labute approximate surface area is 138 Å². The monoisotopic (exact) mass is 326 g/mol. The number of rotatable bonds is 4. The number of carbonyl (C=O) groups is 2. The van der Waals surface area contributed by atoms with E-state index >= 15 is 0 Å². The van der Waals surface area contributed by atoms with Gasteiger partial charge in [-0.05, 0) is 18.2 Å². The highest BCUT2D eigenvalue weighted by Gasteiger charge is 2.30. The summed E-state index contributed by atoms with van der Waals surface area (Å²) in [5.41, 5.74) is 1.22. The lowest BCUT2D eigenvalue weighted by Gasteiger charge is -2.10. The standard InChI is InChI=1S/C18H15FN2O3/c1-21-17(22)15(20-18(21)23)10-12-6-3-5-9-16(12)24-11-13-7-2-4-8-14(13)19/h2-10H,11H2,1H3,(H,20,23)/b15-10+. The Hall–Kier alpha value is -3.15. The van der Waals surface area contributed by atoms with Crippen molar-refractivity contribution in [2.75, 3.05) is 7.05 Å². The van der Waals surface area contributed by atoms with Crippen molar-refractivity contribution in [1.29, 1.82) is 0 Å². The number of urea groups is 1. The highest BCUT2D eigenvalue weighted by atomic mass is 19.1. The lowest BCUT2D eigenvalue weighted by molar-refractivity contribution is -0.121. The lowest BCUT2D eigenvalue weighted by atomic mass is 10.1. The third-order valence-electron chi connectivity index (χ3n) is 3.64. The van der Waals surface area contributed by atoms with Crippen molar-refractivity contribution in [3.05, 3.63) is 71.2 Å². The molecule has 24 heavy (non-hydrogen) atoms. The van der Waals surface area contributed by atoms with Gasteiger partial charge in [0.25, 0.3) is 5.91 Å². The van der Waals surface area contributed by atoms with E-state index in [1.807, 2.05) is 0 Å². The summed E-state index contributed by atoms with van der Waals surface area (Å²) in [4.78, 5) is 24.4. The third-order valence-corrected chi connectivity index (χ3v) is 3.64. The summed E-state index contributed by atoms with van der Waals surface area (Å²) in [6.45, 7) is 0.0626. The van der Waals surface area contributed by atoms with Crippen LogP contribution in [0.1, 0.15) is 11.1 Å². The van der Waals surface area contributed by atoms with E-state index in [0.717, 1.165) is 4.90 Å². The van der Waals surface area contributed by atoms with Crippen molar-refractivity contribution in [2.45, 2.75) is 6.61 Å². The van der Waals surface area contributed by atoms with Crippen LogP contribution in [0.4, 0.5) is 9.18 Å². The van der Waals surface area contributed by atoms with E-state index in [0.29, 0.717) is 16.9 Å². The van der Waals surface area contributed by atoms with Crippen molar-refractivity contribution >= 4 is 18.0 Å². The Morgan fingerprint density at radius 3 is 2.54 bits per heavy atom. The van der Waals surface area contributed by atoms with Crippen LogP contribution in [0.3, 0.4) is 0 Å². The quantitative estimate of drug-likeness (QED) is 0.694. The van der Waals surface area contributed by atoms with E-state index in [1.165, 1.54) is 13.1 Å². The number of hydrogen-bond donors (Lipinski definition) is 1. The normalized spacial score (nSPS) is 15.8. The molecule has 6 heteroatoms. The van der Waals surface area contributed by atoms with Crippen molar-refractivity contribution in [1.82, 2.24) is 10.2 Å². The van der Waals surface area contributed by atoms with E-state index in [2.05, 4.69) is 5.32 Å². The van der Waals surface area contributed by atoms with Gasteiger partial charge in [0.15, 0.2) is 0 Å². The SMILES string of the molecule is CN1C(=O)N/C(=C/c2ccccc2OCc2ccccc2F)C1=O. The van der Waals surface area contributed by atoms with Crippen molar-refractivity contribution in [3.8, 4) is 5.75 Å². The molecular formula is C18H15FN2O3. The van der Waals surface area contributed by atoms with Crippen LogP contribution < -0.4 is 10.1 Å². The molecule has 1 aliphatic heterocycles. The van der Waals surface area contributed by atoms with Gasteiger partial charge in [0.05, 0.1) is 0 Å². The molecule has 1 N–H and O–H groups in total. The fraction of sp³-hybridized carbons (Fsp3) is 0.111. The molecule has 0 saturated carbocycles. The highest BCUT2D eigenvalue weighted by Crippen LogP contribution is 2.23. The van der Waals surface area contributed by atoms with Gasteiger partial charge in [0.2, 0.25) is 0 Å². The van der Waals surface area contributed by atoms with E-state index in [9.17, 15) is 14.0 Å². The van der Waals surface area contributed by atoms with Crippen LogP contribution in [0.15, 0.2) is 54.2 Å². The number of nitrogens with zero attached hydrogens (tertiary/aromatic N) is 1. The molecule has 0 radical (unpaired) electrons. The number of imide groups is 1. The number of hydrogen-bond acceptors (Lipinski definition) is 3. The molecule has 3 amide bonds. The first-order valence-corrected chi connectivity index (χ1v) is 7.32. The molecule has 0 aliphatic carbocycles. The van der Waals surface area contributed by atoms with Crippen LogP contribution in [-0.4, -0.2) is 23.9 Å². The summed E-state index contributed by atoms with van der Waals surface area (Å²) >= 11 is 0. The van der Waals surface area contributed by atoms with E-state index in [-0.39, 0.29) is 18.1 Å². The molecule has 5 nitrogen and oxygen atoms in total. The second-order valence-corrected chi connectivity index (χ2v) is 5.27. The first kappa shape index (κ1) is 15.7. The van der Waals surface area contributed by atoms with Crippen molar-refractivity contribution in [2.24, 2.45) is 0 Å². The van der Waals surface area contributed by atoms with E-state index in [4.69, 9.17) is 4.74 Å². The van der Waals surface area contributed by atoms with Gasteiger partial charge in [0, 0.05) is 18.2 Å². The predicted molar refractivity (Wildman–Crippen MR) is 86.5 cm³/mol. The number of ether oxygens (including phenoxy) is 1. The van der Waals surface area contributed by atoms with Crippen LogP contribution in [0, 0.1) is 5.82 Å².